The van der Waals surface area contributed by atoms with E-state index in [0.717, 1.165) is 28.2 Å². The molecular weight excluding hydrogens is 374 g/mol. The molecule has 1 aliphatic rings. The molecule has 0 saturated heterocycles. The highest BCUT2D eigenvalue weighted by Crippen LogP contribution is 2.39. The Hall–Kier alpha value is -2.80. The normalized spacial score (nSPS) is 14.3. The van der Waals surface area contributed by atoms with E-state index in [2.05, 4.69) is 10.1 Å². The molecule has 28 heavy (non-hydrogen) atoms. The van der Waals surface area contributed by atoms with Gasteiger partial charge < -0.3 is 9.42 Å². The van der Waals surface area contributed by atoms with Crippen molar-refractivity contribution in [3.63, 3.8) is 0 Å². The van der Waals surface area contributed by atoms with Crippen LogP contribution in [0.3, 0.4) is 0 Å². The van der Waals surface area contributed by atoms with Crippen LogP contribution in [0, 0.1) is 20.8 Å². The third kappa shape index (κ3) is 2.86. The Balaban J connectivity index is 1.86. The molecule has 0 N–H and O–H groups in total. The number of hydrogen-bond donors (Lipinski definition) is 0. The molecule has 0 atom stereocenters. The lowest BCUT2D eigenvalue weighted by molar-refractivity contribution is 0.427. The molecule has 0 bridgehead atoms. The summed E-state index contributed by atoms with van der Waals surface area (Å²) < 4.78 is 34.3. The molecule has 1 aromatic heterocycles. The van der Waals surface area contributed by atoms with Crippen LogP contribution in [0.25, 0.3) is 11.3 Å². The Morgan fingerprint density at radius 1 is 1.04 bits per heavy atom. The fourth-order valence-corrected chi connectivity index (χ4v) is 5.54. The number of aromatic nitrogens is 1. The molecule has 0 radical (unpaired) electrons. The molecule has 0 unspecified atom stereocenters. The number of likely N-dealkylation sites (N-methyl/N-ethyl adjacent to an activating group) is 1. The van der Waals surface area contributed by atoms with Gasteiger partial charge in [0.2, 0.25) is 0 Å². The molecule has 0 spiro atoms. The van der Waals surface area contributed by atoms with Crippen LogP contribution < -0.4 is 9.21 Å². The van der Waals surface area contributed by atoms with Crippen LogP contribution in [0.5, 0.6) is 0 Å². The minimum Gasteiger partial charge on any atom is -0.371 e. The van der Waals surface area contributed by atoms with E-state index in [1.165, 1.54) is 4.31 Å². The molecule has 0 fully saturated rings. The van der Waals surface area contributed by atoms with E-state index in [0.29, 0.717) is 24.4 Å². The minimum atomic E-state index is -3.73. The van der Waals surface area contributed by atoms with Crippen LogP contribution in [0.2, 0.25) is 0 Å². The molecule has 0 saturated carbocycles. The number of rotatable bonds is 3. The largest absolute Gasteiger partial charge is 0.371 e. The summed E-state index contributed by atoms with van der Waals surface area (Å²) in [4.78, 5) is 2.38. The second kappa shape index (κ2) is 6.67. The highest BCUT2D eigenvalue weighted by molar-refractivity contribution is 7.93. The van der Waals surface area contributed by atoms with Crippen LogP contribution in [0.15, 0.2) is 51.9 Å². The first-order chi connectivity index (χ1) is 13.3. The summed E-state index contributed by atoms with van der Waals surface area (Å²) in [7, 11) is -1.74. The van der Waals surface area contributed by atoms with Crippen molar-refractivity contribution in [3.05, 3.63) is 59.3 Å². The number of sulfonamides is 1. The van der Waals surface area contributed by atoms with Gasteiger partial charge in [-0.05, 0) is 44.0 Å². The van der Waals surface area contributed by atoms with E-state index in [-0.39, 0.29) is 4.90 Å². The van der Waals surface area contributed by atoms with E-state index in [4.69, 9.17) is 4.52 Å². The molecule has 1 aliphatic heterocycles. The fraction of sp³-hybridized carbons (Fsp3) is 0.286. The first kappa shape index (κ1) is 18.6. The lowest BCUT2D eigenvalue weighted by Crippen LogP contribution is -2.43. The number of para-hydroxylation sites is 1. The van der Waals surface area contributed by atoms with Gasteiger partial charge in [-0.25, -0.2) is 8.42 Å². The van der Waals surface area contributed by atoms with Crippen LogP contribution in [-0.2, 0) is 10.0 Å². The highest BCUT2D eigenvalue weighted by Gasteiger charge is 2.33. The SMILES string of the molecule is Cc1cc(-c2cccc(S(=O)(=O)N3CCN(C)c4cccc(C)c43)c2C)on1. The van der Waals surface area contributed by atoms with Crippen molar-refractivity contribution >= 4 is 21.4 Å². The van der Waals surface area contributed by atoms with Crippen molar-refractivity contribution in [2.45, 2.75) is 25.7 Å². The molecule has 3 aromatic rings. The molecule has 2 heterocycles. The lowest BCUT2D eigenvalue weighted by Gasteiger charge is -2.37. The van der Waals surface area contributed by atoms with Crippen molar-refractivity contribution in [3.8, 4) is 11.3 Å². The number of nitrogens with zero attached hydrogens (tertiary/aromatic N) is 3. The fourth-order valence-electron chi connectivity index (χ4n) is 3.76. The van der Waals surface area contributed by atoms with E-state index in [1.54, 1.807) is 12.1 Å². The van der Waals surface area contributed by atoms with Crippen molar-refractivity contribution in [2.75, 3.05) is 29.3 Å². The summed E-state index contributed by atoms with van der Waals surface area (Å²) in [5.74, 6) is 0.571. The van der Waals surface area contributed by atoms with Gasteiger partial charge >= 0.3 is 0 Å². The molecule has 4 rings (SSSR count). The summed E-state index contributed by atoms with van der Waals surface area (Å²) in [5.41, 5.74) is 4.76. The summed E-state index contributed by atoms with van der Waals surface area (Å²) in [6.07, 6.45) is 0. The number of hydrogen-bond acceptors (Lipinski definition) is 5. The van der Waals surface area contributed by atoms with Crippen LogP contribution in [0.1, 0.15) is 16.8 Å². The number of benzene rings is 2. The Morgan fingerprint density at radius 3 is 2.50 bits per heavy atom. The van der Waals surface area contributed by atoms with Crippen LogP contribution >= 0.6 is 0 Å². The number of aryl methyl sites for hydroxylation is 2. The topological polar surface area (TPSA) is 66.7 Å². The molecule has 7 heteroatoms. The van der Waals surface area contributed by atoms with Crippen LogP contribution in [-0.4, -0.2) is 33.7 Å². The molecule has 146 valence electrons. The number of anilines is 2. The van der Waals surface area contributed by atoms with Crippen molar-refractivity contribution in [1.29, 1.82) is 0 Å². The zero-order valence-electron chi connectivity index (χ0n) is 16.4. The Morgan fingerprint density at radius 2 is 1.79 bits per heavy atom. The minimum absolute atomic E-state index is 0.290. The summed E-state index contributed by atoms with van der Waals surface area (Å²) in [5, 5.41) is 3.93. The lowest BCUT2D eigenvalue weighted by atomic mass is 10.1. The maximum atomic E-state index is 13.7. The maximum absolute atomic E-state index is 13.7. The van der Waals surface area contributed by atoms with E-state index in [9.17, 15) is 8.42 Å². The smallest absolute Gasteiger partial charge is 0.264 e. The van der Waals surface area contributed by atoms with Crippen molar-refractivity contribution < 1.29 is 12.9 Å². The second-order valence-corrected chi connectivity index (χ2v) is 9.03. The summed E-state index contributed by atoms with van der Waals surface area (Å²) in [6.45, 7) is 6.64. The summed E-state index contributed by atoms with van der Waals surface area (Å²) in [6, 6.07) is 13.0. The van der Waals surface area contributed by atoms with Gasteiger partial charge in [0.05, 0.1) is 28.5 Å². The van der Waals surface area contributed by atoms with Gasteiger partial charge in [0.1, 0.15) is 0 Å². The van der Waals surface area contributed by atoms with Crippen molar-refractivity contribution in [1.82, 2.24) is 5.16 Å². The quantitative estimate of drug-likeness (QED) is 0.670. The Bertz CT molecular complexity index is 1150. The zero-order valence-corrected chi connectivity index (χ0v) is 17.2. The Kier molecular flexibility index (Phi) is 4.42. The van der Waals surface area contributed by atoms with Gasteiger partial charge in [-0.15, -0.1) is 0 Å². The first-order valence-corrected chi connectivity index (χ1v) is 10.6. The molecule has 2 aromatic carbocycles. The molecule has 0 amide bonds. The molecule has 0 aliphatic carbocycles. The second-order valence-electron chi connectivity index (χ2n) is 7.20. The molecule has 6 nitrogen and oxygen atoms in total. The third-order valence-corrected chi connectivity index (χ3v) is 7.20. The monoisotopic (exact) mass is 397 g/mol. The van der Waals surface area contributed by atoms with Gasteiger partial charge in [-0.1, -0.05) is 29.4 Å². The predicted octanol–water partition coefficient (Wildman–Crippen LogP) is 3.91. The van der Waals surface area contributed by atoms with Gasteiger partial charge in [-0.2, -0.15) is 0 Å². The van der Waals surface area contributed by atoms with Gasteiger partial charge in [0.15, 0.2) is 5.76 Å². The van der Waals surface area contributed by atoms with E-state index < -0.39 is 10.0 Å². The van der Waals surface area contributed by atoms with E-state index >= 15 is 0 Å². The predicted molar refractivity (Wildman–Crippen MR) is 110 cm³/mol. The maximum Gasteiger partial charge on any atom is 0.264 e. The van der Waals surface area contributed by atoms with Crippen LogP contribution in [0.4, 0.5) is 11.4 Å². The zero-order chi connectivity index (χ0) is 20.1. The molecular formula is C21H23N3O3S. The average molecular weight is 398 g/mol. The van der Waals surface area contributed by atoms with Gasteiger partial charge in [0, 0.05) is 25.2 Å². The number of fused-ring (bicyclic) bond motifs is 1. The highest BCUT2D eigenvalue weighted by atomic mass is 32.2. The average Bonchev–Trinajstić information content (AvgIpc) is 3.08. The third-order valence-electron chi connectivity index (χ3n) is 5.26. The Labute approximate surface area is 165 Å². The van der Waals surface area contributed by atoms with Crippen molar-refractivity contribution in [2.24, 2.45) is 0 Å². The van der Waals surface area contributed by atoms with Gasteiger partial charge in [0.25, 0.3) is 10.0 Å². The first-order valence-electron chi connectivity index (χ1n) is 9.17. The van der Waals surface area contributed by atoms with Gasteiger partial charge in [-0.3, -0.25) is 4.31 Å². The standard InChI is InChI=1S/C21H23N3O3S/c1-14-7-5-9-18-21(14)24(12-11-23(18)4)28(25,26)20-10-6-8-17(16(20)3)19-13-15(2)22-27-19/h5-10,13H,11-12H2,1-4H3. The summed E-state index contributed by atoms with van der Waals surface area (Å²) >= 11 is 0. The van der Waals surface area contributed by atoms with E-state index in [1.807, 2.05) is 58.2 Å².